The van der Waals surface area contributed by atoms with Gasteiger partial charge >= 0.3 is 0 Å². The zero-order valence-electron chi connectivity index (χ0n) is 7.88. The van der Waals surface area contributed by atoms with Gasteiger partial charge < -0.3 is 4.79 Å². The number of hydrogen-bond donors (Lipinski definition) is 0. The molecule has 0 fully saturated rings. The van der Waals surface area contributed by atoms with Gasteiger partial charge in [-0.15, -0.1) is 0 Å². The fraction of sp³-hybridized carbons (Fsp3) is 0.364. The first-order valence-electron chi connectivity index (χ1n) is 4.42. The molecule has 2 heteroatoms. The maximum absolute atomic E-state index is 10.6. The van der Waals surface area contributed by atoms with Crippen molar-refractivity contribution in [2.75, 3.05) is 0 Å². The molecule has 0 N–H and O–H groups in total. The summed E-state index contributed by atoms with van der Waals surface area (Å²) in [7, 11) is 0. The summed E-state index contributed by atoms with van der Waals surface area (Å²) < 4.78 is 0. The predicted octanol–water partition coefficient (Wildman–Crippen LogP) is 3.20. The highest BCUT2D eigenvalue weighted by Gasteiger charge is 2.05. The fourth-order valence-corrected chi connectivity index (χ4v) is 1.49. The van der Waals surface area contributed by atoms with Gasteiger partial charge in [-0.3, -0.25) is 0 Å². The van der Waals surface area contributed by atoms with Gasteiger partial charge in [-0.05, 0) is 29.7 Å². The first kappa shape index (κ1) is 10.3. The molecule has 1 atom stereocenters. The molecule has 0 aliphatic heterocycles. The van der Waals surface area contributed by atoms with Crippen LogP contribution in [0.3, 0.4) is 0 Å². The maximum Gasteiger partial charge on any atom is 0.127 e. The zero-order chi connectivity index (χ0) is 9.84. The summed E-state index contributed by atoms with van der Waals surface area (Å²) in [5.41, 5.74) is 2.18. The second-order valence-electron chi connectivity index (χ2n) is 3.17. The van der Waals surface area contributed by atoms with Crippen LogP contribution in [0.1, 0.15) is 30.9 Å². The minimum Gasteiger partial charge on any atom is -0.303 e. The largest absolute Gasteiger partial charge is 0.303 e. The van der Waals surface area contributed by atoms with Crippen molar-refractivity contribution in [2.45, 2.75) is 26.2 Å². The van der Waals surface area contributed by atoms with E-state index < -0.39 is 0 Å². The molecule has 13 heavy (non-hydrogen) atoms. The van der Waals surface area contributed by atoms with E-state index in [4.69, 9.17) is 11.6 Å². The molecule has 0 aliphatic rings. The van der Waals surface area contributed by atoms with Crippen LogP contribution in [-0.4, -0.2) is 6.29 Å². The Morgan fingerprint density at radius 1 is 1.46 bits per heavy atom. The van der Waals surface area contributed by atoms with Crippen LogP contribution in [0.5, 0.6) is 0 Å². The average Bonchev–Trinajstić information content (AvgIpc) is 2.15. The topological polar surface area (TPSA) is 17.1 Å². The van der Waals surface area contributed by atoms with E-state index in [0.29, 0.717) is 5.02 Å². The number of carbonyl (C=O) groups excluding carboxylic acids is 1. The molecule has 0 aliphatic carbocycles. The molecule has 0 saturated heterocycles. The molecule has 0 heterocycles. The number of halogens is 1. The molecular weight excluding hydrogens is 184 g/mol. The lowest BCUT2D eigenvalue weighted by atomic mass is 10.00. The summed E-state index contributed by atoms with van der Waals surface area (Å²) in [6.07, 6.45) is 1.88. The lowest BCUT2D eigenvalue weighted by molar-refractivity contribution is -0.108. The Morgan fingerprint density at radius 3 is 2.69 bits per heavy atom. The lowest BCUT2D eigenvalue weighted by Crippen LogP contribution is -1.95. The summed E-state index contributed by atoms with van der Waals surface area (Å²) in [4.78, 5) is 10.6. The zero-order valence-corrected chi connectivity index (χ0v) is 8.64. The van der Waals surface area contributed by atoms with Gasteiger partial charge in [0.15, 0.2) is 0 Å². The van der Waals surface area contributed by atoms with Gasteiger partial charge in [-0.25, -0.2) is 0 Å². The van der Waals surface area contributed by atoms with Gasteiger partial charge in [0.2, 0.25) is 0 Å². The monoisotopic (exact) mass is 196 g/mol. The fourth-order valence-electron chi connectivity index (χ4n) is 1.22. The second kappa shape index (κ2) is 4.43. The van der Waals surface area contributed by atoms with Crippen molar-refractivity contribution in [1.29, 1.82) is 0 Å². The summed E-state index contributed by atoms with van der Waals surface area (Å²) in [5, 5.41) is 0.711. The van der Waals surface area contributed by atoms with Gasteiger partial charge in [0.05, 0.1) is 0 Å². The molecular formula is C11H13ClO. The lowest BCUT2D eigenvalue weighted by Gasteiger charge is -2.07. The highest BCUT2D eigenvalue weighted by Crippen LogP contribution is 2.20. The smallest absolute Gasteiger partial charge is 0.127 e. The predicted molar refractivity (Wildman–Crippen MR) is 55.3 cm³/mol. The molecule has 0 spiro atoms. The van der Waals surface area contributed by atoms with Crippen molar-refractivity contribution >= 4 is 17.9 Å². The highest BCUT2D eigenvalue weighted by molar-refractivity contribution is 6.30. The van der Waals surface area contributed by atoms with E-state index in [1.165, 1.54) is 5.56 Å². The van der Waals surface area contributed by atoms with E-state index in [2.05, 4.69) is 6.92 Å². The van der Waals surface area contributed by atoms with Gasteiger partial charge in [0.25, 0.3) is 0 Å². The summed E-state index contributed by atoms with van der Waals surface area (Å²) in [5.74, 6) is -0.0657. The van der Waals surface area contributed by atoms with Crippen LogP contribution >= 0.6 is 11.6 Å². The van der Waals surface area contributed by atoms with E-state index in [9.17, 15) is 4.79 Å². The van der Waals surface area contributed by atoms with E-state index in [1.54, 1.807) is 0 Å². The number of benzene rings is 1. The van der Waals surface area contributed by atoms with Crippen LogP contribution in [-0.2, 0) is 11.2 Å². The molecule has 1 nitrogen and oxygen atoms in total. The average molecular weight is 197 g/mol. The van der Waals surface area contributed by atoms with Crippen molar-refractivity contribution in [3.8, 4) is 0 Å². The minimum absolute atomic E-state index is 0.0657. The molecule has 0 amide bonds. The first-order valence-corrected chi connectivity index (χ1v) is 4.79. The Morgan fingerprint density at radius 2 is 2.15 bits per heavy atom. The molecule has 0 aromatic heterocycles. The molecule has 0 bridgehead atoms. The van der Waals surface area contributed by atoms with Crippen molar-refractivity contribution < 1.29 is 4.79 Å². The third-order valence-electron chi connectivity index (χ3n) is 2.12. The van der Waals surface area contributed by atoms with Crippen molar-refractivity contribution in [2.24, 2.45) is 0 Å². The summed E-state index contributed by atoms with van der Waals surface area (Å²) in [6, 6.07) is 5.81. The third-order valence-corrected chi connectivity index (χ3v) is 2.34. The maximum atomic E-state index is 10.6. The van der Waals surface area contributed by atoms with Crippen molar-refractivity contribution in [3.63, 3.8) is 0 Å². The van der Waals surface area contributed by atoms with Crippen LogP contribution in [0.4, 0.5) is 0 Å². The van der Waals surface area contributed by atoms with E-state index in [0.717, 1.165) is 18.3 Å². The van der Waals surface area contributed by atoms with E-state index >= 15 is 0 Å². The Balaban J connectivity index is 3.07. The van der Waals surface area contributed by atoms with Crippen molar-refractivity contribution in [3.05, 3.63) is 34.3 Å². The van der Waals surface area contributed by atoms with Crippen LogP contribution in [0.25, 0.3) is 0 Å². The molecule has 1 aromatic rings. The third kappa shape index (κ3) is 2.56. The van der Waals surface area contributed by atoms with E-state index in [-0.39, 0.29) is 5.92 Å². The Kier molecular flexibility index (Phi) is 3.49. The van der Waals surface area contributed by atoms with Crippen molar-refractivity contribution in [1.82, 2.24) is 0 Å². The normalized spacial score (nSPS) is 12.5. The number of hydrogen-bond acceptors (Lipinski definition) is 1. The highest BCUT2D eigenvalue weighted by atomic mass is 35.5. The summed E-state index contributed by atoms with van der Waals surface area (Å²) in [6.45, 7) is 3.94. The number of carbonyl (C=O) groups is 1. The van der Waals surface area contributed by atoms with Gasteiger partial charge in [-0.1, -0.05) is 31.5 Å². The molecule has 1 rings (SSSR count). The van der Waals surface area contributed by atoms with Gasteiger partial charge in [0.1, 0.15) is 6.29 Å². The van der Waals surface area contributed by atoms with E-state index in [1.807, 2.05) is 25.1 Å². The molecule has 70 valence electrons. The molecule has 0 saturated carbocycles. The van der Waals surface area contributed by atoms with Gasteiger partial charge in [0, 0.05) is 10.9 Å². The molecule has 1 unspecified atom stereocenters. The standard InChI is InChI=1S/C11H13ClO/c1-3-9-4-10(8(2)7-13)6-11(12)5-9/h4-8H,3H2,1-2H3. The number of aryl methyl sites for hydroxylation is 1. The van der Waals surface area contributed by atoms with Crippen LogP contribution in [0, 0.1) is 0 Å². The quantitative estimate of drug-likeness (QED) is 0.679. The van der Waals surface area contributed by atoms with Crippen LogP contribution < -0.4 is 0 Å². The first-order chi connectivity index (χ1) is 6.17. The molecule has 0 radical (unpaired) electrons. The van der Waals surface area contributed by atoms with Crippen LogP contribution in [0.15, 0.2) is 18.2 Å². The number of aldehydes is 1. The Labute approximate surface area is 83.7 Å². The Hall–Kier alpha value is -0.820. The molecule has 1 aromatic carbocycles. The minimum atomic E-state index is -0.0657. The second-order valence-corrected chi connectivity index (χ2v) is 3.61. The summed E-state index contributed by atoms with van der Waals surface area (Å²) >= 11 is 5.91. The van der Waals surface area contributed by atoms with Crippen LogP contribution in [0.2, 0.25) is 5.02 Å². The Bertz CT molecular complexity index is 307. The SMILES string of the molecule is CCc1cc(Cl)cc(C(C)C=O)c1. The number of rotatable bonds is 3. The van der Waals surface area contributed by atoms with Gasteiger partial charge in [-0.2, -0.15) is 0 Å².